The number of urea groups is 1. The maximum atomic E-state index is 12.1. The second-order valence-corrected chi connectivity index (χ2v) is 8.02. The van der Waals surface area contributed by atoms with Crippen LogP contribution in [0.5, 0.6) is 0 Å². The van der Waals surface area contributed by atoms with E-state index in [-0.39, 0.29) is 17.2 Å². The molecule has 0 saturated carbocycles. The molecular formula is C20H24BClN2O3. The number of halogens is 1. The summed E-state index contributed by atoms with van der Waals surface area (Å²) in [5.41, 5.74) is 1.70. The molecule has 2 aromatic rings. The van der Waals surface area contributed by atoms with E-state index >= 15 is 0 Å². The van der Waals surface area contributed by atoms with Crippen LogP contribution in [0.1, 0.15) is 33.3 Å². The van der Waals surface area contributed by atoms with Crippen LogP contribution in [0.2, 0.25) is 5.02 Å². The first-order chi connectivity index (χ1) is 12.7. The Kier molecular flexibility index (Phi) is 5.51. The Morgan fingerprint density at radius 1 is 1.00 bits per heavy atom. The largest absolute Gasteiger partial charge is 0.494 e. The normalized spacial score (nSPS) is 17.6. The van der Waals surface area contributed by atoms with Crippen molar-refractivity contribution in [3.63, 3.8) is 0 Å². The monoisotopic (exact) mass is 386 g/mol. The van der Waals surface area contributed by atoms with Gasteiger partial charge in [0.25, 0.3) is 0 Å². The number of amides is 2. The lowest BCUT2D eigenvalue weighted by Crippen LogP contribution is -2.41. The molecule has 1 aliphatic rings. The maximum absolute atomic E-state index is 12.1. The number of anilines is 1. The average Bonchev–Trinajstić information content (AvgIpc) is 2.82. The highest BCUT2D eigenvalue weighted by molar-refractivity contribution is 6.62. The van der Waals surface area contributed by atoms with Crippen molar-refractivity contribution in [1.82, 2.24) is 5.32 Å². The number of hydrogen-bond donors (Lipinski definition) is 2. The summed E-state index contributed by atoms with van der Waals surface area (Å²) >= 11 is 6.09. The van der Waals surface area contributed by atoms with E-state index in [0.29, 0.717) is 17.3 Å². The second-order valence-electron chi connectivity index (χ2n) is 7.61. The molecule has 0 atom stereocenters. The van der Waals surface area contributed by atoms with E-state index in [2.05, 4.69) is 10.6 Å². The molecule has 1 saturated heterocycles. The van der Waals surface area contributed by atoms with Crippen LogP contribution in [0.3, 0.4) is 0 Å². The molecular weight excluding hydrogens is 362 g/mol. The van der Waals surface area contributed by atoms with Gasteiger partial charge in [-0.15, -0.1) is 0 Å². The van der Waals surface area contributed by atoms with Gasteiger partial charge in [-0.1, -0.05) is 41.9 Å². The van der Waals surface area contributed by atoms with Gasteiger partial charge < -0.3 is 19.9 Å². The molecule has 3 rings (SSSR count). The van der Waals surface area contributed by atoms with E-state index in [1.807, 2.05) is 70.2 Å². The fourth-order valence-electron chi connectivity index (χ4n) is 2.70. The fraction of sp³-hybridized carbons (Fsp3) is 0.350. The van der Waals surface area contributed by atoms with Gasteiger partial charge in [0.05, 0.1) is 11.2 Å². The van der Waals surface area contributed by atoms with E-state index in [9.17, 15) is 4.79 Å². The van der Waals surface area contributed by atoms with E-state index in [1.165, 1.54) is 0 Å². The van der Waals surface area contributed by atoms with Crippen molar-refractivity contribution in [3.05, 3.63) is 59.1 Å². The minimum atomic E-state index is -0.418. The minimum absolute atomic E-state index is 0.293. The molecule has 1 fully saturated rings. The lowest BCUT2D eigenvalue weighted by atomic mass is 9.79. The third-order valence-electron chi connectivity index (χ3n) is 5.09. The summed E-state index contributed by atoms with van der Waals surface area (Å²) in [5, 5.41) is 6.23. The molecule has 5 nitrogen and oxygen atoms in total. The molecule has 1 heterocycles. The van der Waals surface area contributed by atoms with Gasteiger partial charge in [-0.2, -0.15) is 0 Å². The quantitative estimate of drug-likeness (QED) is 0.782. The number of carbonyl (C=O) groups excluding carboxylic acids is 1. The molecule has 0 unspecified atom stereocenters. The van der Waals surface area contributed by atoms with Crippen LogP contribution in [0.15, 0.2) is 48.5 Å². The zero-order valence-electron chi connectivity index (χ0n) is 16.0. The Morgan fingerprint density at radius 2 is 1.59 bits per heavy atom. The van der Waals surface area contributed by atoms with Crippen LogP contribution < -0.4 is 16.1 Å². The van der Waals surface area contributed by atoms with E-state index in [0.717, 1.165) is 11.0 Å². The molecule has 2 N–H and O–H groups in total. The van der Waals surface area contributed by atoms with Crippen molar-refractivity contribution in [2.45, 2.75) is 45.4 Å². The molecule has 1 aliphatic heterocycles. The van der Waals surface area contributed by atoms with Gasteiger partial charge in [0.15, 0.2) is 0 Å². The first kappa shape index (κ1) is 19.7. The molecule has 2 aromatic carbocycles. The lowest BCUT2D eigenvalue weighted by Gasteiger charge is -2.32. The van der Waals surface area contributed by atoms with Crippen LogP contribution in [-0.4, -0.2) is 24.4 Å². The molecule has 0 bridgehead atoms. The van der Waals surface area contributed by atoms with Gasteiger partial charge in [-0.25, -0.2) is 4.79 Å². The van der Waals surface area contributed by atoms with Crippen LogP contribution >= 0.6 is 11.6 Å². The van der Waals surface area contributed by atoms with Crippen molar-refractivity contribution in [3.8, 4) is 0 Å². The zero-order chi connectivity index (χ0) is 19.7. The molecule has 0 aromatic heterocycles. The molecule has 0 radical (unpaired) electrons. The topological polar surface area (TPSA) is 59.6 Å². The standard InChI is InChI=1S/C20H24BClN2O3/c1-19(2)20(3,4)27-21(26-19)15-9-11-16(12-10-15)24-18(25)23-13-14-7-5-6-8-17(14)22/h5-12H,13H2,1-4H3,(H2,23,24,25). The average molecular weight is 387 g/mol. The van der Waals surface area contributed by atoms with Crippen molar-refractivity contribution < 1.29 is 14.1 Å². The predicted octanol–water partition coefficient (Wildman–Crippen LogP) is 3.96. The molecule has 142 valence electrons. The van der Waals surface area contributed by atoms with Crippen LogP contribution in [-0.2, 0) is 15.9 Å². The highest BCUT2D eigenvalue weighted by atomic mass is 35.5. The molecule has 0 aliphatic carbocycles. The molecule has 0 spiro atoms. The van der Waals surface area contributed by atoms with Crippen LogP contribution in [0.25, 0.3) is 0 Å². The van der Waals surface area contributed by atoms with E-state index < -0.39 is 7.12 Å². The van der Waals surface area contributed by atoms with Gasteiger partial charge in [0.2, 0.25) is 0 Å². The Balaban J connectivity index is 1.56. The first-order valence-electron chi connectivity index (χ1n) is 8.92. The van der Waals surface area contributed by atoms with Gasteiger partial charge in [-0.05, 0) is 56.9 Å². The number of rotatable bonds is 4. The number of carbonyl (C=O) groups is 1. The minimum Gasteiger partial charge on any atom is -0.399 e. The van der Waals surface area contributed by atoms with Gasteiger partial charge in [0.1, 0.15) is 0 Å². The lowest BCUT2D eigenvalue weighted by molar-refractivity contribution is 0.00578. The summed E-state index contributed by atoms with van der Waals surface area (Å²) in [6.45, 7) is 8.44. The SMILES string of the molecule is CC1(C)OB(c2ccc(NC(=O)NCc3ccccc3Cl)cc2)OC1(C)C. The summed E-state index contributed by atoms with van der Waals surface area (Å²) in [5.74, 6) is 0. The zero-order valence-corrected chi connectivity index (χ0v) is 16.8. The van der Waals surface area contributed by atoms with Crippen LogP contribution in [0, 0.1) is 0 Å². The van der Waals surface area contributed by atoms with Crippen molar-refractivity contribution >= 4 is 35.9 Å². The smallest absolute Gasteiger partial charge is 0.399 e. The Bertz CT molecular complexity index is 808. The van der Waals surface area contributed by atoms with Gasteiger partial charge in [0, 0.05) is 17.3 Å². The van der Waals surface area contributed by atoms with E-state index in [4.69, 9.17) is 20.9 Å². The summed E-state index contributed by atoms with van der Waals surface area (Å²) in [7, 11) is -0.418. The van der Waals surface area contributed by atoms with Crippen molar-refractivity contribution in [1.29, 1.82) is 0 Å². The maximum Gasteiger partial charge on any atom is 0.494 e. The third kappa shape index (κ3) is 4.46. The molecule has 27 heavy (non-hydrogen) atoms. The second kappa shape index (κ2) is 7.54. The summed E-state index contributed by atoms with van der Waals surface area (Å²) in [6.07, 6.45) is 0. The molecule has 7 heteroatoms. The summed E-state index contributed by atoms with van der Waals surface area (Å²) in [6, 6.07) is 14.6. The third-order valence-corrected chi connectivity index (χ3v) is 5.46. The Hall–Kier alpha value is -2.02. The fourth-order valence-corrected chi connectivity index (χ4v) is 2.90. The number of hydrogen-bond acceptors (Lipinski definition) is 3. The highest BCUT2D eigenvalue weighted by Gasteiger charge is 2.51. The van der Waals surface area contributed by atoms with Crippen LogP contribution in [0.4, 0.5) is 10.5 Å². The first-order valence-corrected chi connectivity index (χ1v) is 9.30. The Labute approximate surface area is 165 Å². The number of benzene rings is 2. The van der Waals surface area contributed by atoms with Gasteiger partial charge in [-0.3, -0.25) is 0 Å². The van der Waals surface area contributed by atoms with Gasteiger partial charge >= 0.3 is 13.1 Å². The molecule has 2 amide bonds. The Morgan fingerprint density at radius 3 is 2.19 bits per heavy atom. The van der Waals surface area contributed by atoms with Crippen molar-refractivity contribution in [2.24, 2.45) is 0 Å². The number of nitrogens with one attached hydrogen (secondary N) is 2. The van der Waals surface area contributed by atoms with E-state index in [1.54, 1.807) is 6.07 Å². The highest BCUT2D eigenvalue weighted by Crippen LogP contribution is 2.36. The summed E-state index contributed by atoms with van der Waals surface area (Å²) < 4.78 is 12.1. The summed E-state index contributed by atoms with van der Waals surface area (Å²) in [4.78, 5) is 12.1. The van der Waals surface area contributed by atoms with Crippen molar-refractivity contribution in [2.75, 3.05) is 5.32 Å². The predicted molar refractivity (Wildman–Crippen MR) is 109 cm³/mol.